The van der Waals surface area contributed by atoms with Crippen molar-refractivity contribution in [2.75, 3.05) is 14.2 Å². The Morgan fingerprint density at radius 2 is 1.50 bits per heavy atom. The molecule has 6 atom stereocenters. The van der Waals surface area contributed by atoms with E-state index in [-0.39, 0.29) is 23.8 Å². The Balaban J connectivity index is 1.72. The molecule has 18 heavy (non-hydrogen) atoms. The third-order valence-corrected chi connectivity index (χ3v) is 5.51. The summed E-state index contributed by atoms with van der Waals surface area (Å²) in [7, 11) is 2.93. The van der Waals surface area contributed by atoms with Crippen LogP contribution >= 0.6 is 0 Å². The van der Waals surface area contributed by atoms with E-state index < -0.39 is 0 Å². The van der Waals surface area contributed by atoms with Crippen LogP contribution in [0.15, 0.2) is 0 Å². The van der Waals surface area contributed by atoms with Gasteiger partial charge >= 0.3 is 11.9 Å². The number of rotatable bonds is 2. The fourth-order valence-corrected chi connectivity index (χ4v) is 4.85. The van der Waals surface area contributed by atoms with Crippen LogP contribution in [0.1, 0.15) is 25.7 Å². The second-order valence-corrected chi connectivity index (χ2v) is 6.04. The number of fused-ring (bicyclic) bond motifs is 5. The van der Waals surface area contributed by atoms with Gasteiger partial charge in [0, 0.05) is 0 Å². The summed E-state index contributed by atoms with van der Waals surface area (Å²) >= 11 is 0. The van der Waals surface area contributed by atoms with Crippen LogP contribution < -0.4 is 0 Å². The molecular formula is C14H20O4. The summed E-state index contributed by atoms with van der Waals surface area (Å²) in [5, 5.41) is 0. The Labute approximate surface area is 107 Å². The molecule has 3 aliphatic carbocycles. The molecule has 3 aliphatic rings. The number of carbonyl (C=O) groups is 2. The summed E-state index contributed by atoms with van der Waals surface area (Å²) in [6.45, 7) is 0. The summed E-state index contributed by atoms with van der Waals surface area (Å²) in [5.41, 5.74) is 0. The number of hydrogen-bond acceptors (Lipinski definition) is 4. The van der Waals surface area contributed by atoms with Crippen LogP contribution in [0.25, 0.3) is 0 Å². The quantitative estimate of drug-likeness (QED) is 0.701. The first-order valence-electron chi connectivity index (χ1n) is 6.81. The highest BCUT2D eigenvalue weighted by Crippen LogP contribution is 2.62. The van der Waals surface area contributed by atoms with Crippen molar-refractivity contribution in [2.45, 2.75) is 25.7 Å². The van der Waals surface area contributed by atoms with Gasteiger partial charge in [0.25, 0.3) is 0 Å². The second kappa shape index (κ2) is 4.25. The van der Waals surface area contributed by atoms with Crippen LogP contribution in [-0.4, -0.2) is 26.2 Å². The maximum Gasteiger partial charge on any atom is 0.308 e. The van der Waals surface area contributed by atoms with E-state index in [9.17, 15) is 9.59 Å². The van der Waals surface area contributed by atoms with Gasteiger partial charge in [0.05, 0.1) is 26.1 Å². The average Bonchev–Trinajstić information content (AvgIpc) is 3.06. The van der Waals surface area contributed by atoms with Gasteiger partial charge in [-0.1, -0.05) is 0 Å². The summed E-state index contributed by atoms with van der Waals surface area (Å²) in [6, 6.07) is 0. The fourth-order valence-electron chi connectivity index (χ4n) is 4.85. The lowest BCUT2D eigenvalue weighted by Gasteiger charge is -2.29. The Bertz CT molecular complexity index is 378. The molecule has 100 valence electrons. The first kappa shape index (κ1) is 12.0. The molecule has 4 nitrogen and oxygen atoms in total. The number of methoxy groups -OCH3 is 2. The Hall–Kier alpha value is -1.06. The van der Waals surface area contributed by atoms with Crippen molar-refractivity contribution in [2.24, 2.45) is 35.5 Å². The van der Waals surface area contributed by atoms with E-state index >= 15 is 0 Å². The highest BCUT2D eigenvalue weighted by molar-refractivity contribution is 5.74. The molecule has 3 fully saturated rings. The molecule has 0 N–H and O–H groups in total. The largest absolute Gasteiger partial charge is 0.469 e. The monoisotopic (exact) mass is 252 g/mol. The molecule has 0 aliphatic heterocycles. The van der Waals surface area contributed by atoms with Gasteiger partial charge in [0.2, 0.25) is 0 Å². The lowest BCUT2D eigenvalue weighted by Crippen LogP contribution is -2.30. The highest BCUT2D eigenvalue weighted by atomic mass is 16.5. The van der Waals surface area contributed by atoms with Crippen LogP contribution in [0.4, 0.5) is 0 Å². The van der Waals surface area contributed by atoms with Crippen molar-refractivity contribution in [3.63, 3.8) is 0 Å². The lowest BCUT2D eigenvalue weighted by atomic mass is 9.76. The molecular weight excluding hydrogens is 232 g/mol. The van der Waals surface area contributed by atoms with Crippen LogP contribution in [0.2, 0.25) is 0 Å². The molecule has 0 aromatic heterocycles. The number of esters is 2. The molecule has 0 radical (unpaired) electrons. The predicted octanol–water partition coefficient (Wildman–Crippen LogP) is 1.63. The molecule has 3 saturated carbocycles. The van der Waals surface area contributed by atoms with Crippen molar-refractivity contribution in [3.8, 4) is 0 Å². The molecule has 2 bridgehead atoms. The Morgan fingerprint density at radius 1 is 0.833 bits per heavy atom. The van der Waals surface area contributed by atoms with E-state index in [0.717, 1.165) is 25.7 Å². The Morgan fingerprint density at radius 3 is 2.17 bits per heavy atom. The van der Waals surface area contributed by atoms with E-state index in [2.05, 4.69) is 0 Å². The van der Waals surface area contributed by atoms with Gasteiger partial charge in [-0.2, -0.15) is 0 Å². The number of ether oxygens (including phenoxy) is 2. The molecule has 4 heteroatoms. The molecule has 0 spiro atoms. The van der Waals surface area contributed by atoms with E-state index in [0.29, 0.717) is 23.7 Å². The van der Waals surface area contributed by atoms with Gasteiger partial charge < -0.3 is 9.47 Å². The summed E-state index contributed by atoms with van der Waals surface area (Å²) in [5.74, 6) is 2.27. The van der Waals surface area contributed by atoms with Gasteiger partial charge in [-0.3, -0.25) is 9.59 Å². The van der Waals surface area contributed by atoms with Crippen LogP contribution in [0.5, 0.6) is 0 Å². The molecule has 0 amide bonds. The lowest BCUT2D eigenvalue weighted by molar-refractivity contribution is -0.148. The highest BCUT2D eigenvalue weighted by Gasteiger charge is 2.58. The number of hydrogen-bond donors (Lipinski definition) is 0. The van der Waals surface area contributed by atoms with Crippen molar-refractivity contribution < 1.29 is 19.1 Å². The van der Waals surface area contributed by atoms with Crippen molar-refractivity contribution in [1.82, 2.24) is 0 Å². The zero-order chi connectivity index (χ0) is 12.9. The minimum atomic E-state index is -0.0709. The third-order valence-electron chi connectivity index (χ3n) is 5.51. The summed E-state index contributed by atoms with van der Waals surface area (Å²) < 4.78 is 9.76. The van der Waals surface area contributed by atoms with Crippen LogP contribution in [-0.2, 0) is 19.1 Å². The zero-order valence-corrected chi connectivity index (χ0v) is 10.9. The fraction of sp³-hybridized carbons (Fsp3) is 0.857. The average molecular weight is 252 g/mol. The van der Waals surface area contributed by atoms with Gasteiger partial charge in [-0.05, 0) is 49.4 Å². The minimum Gasteiger partial charge on any atom is -0.469 e. The molecule has 3 rings (SSSR count). The molecule has 0 saturated heterocycles. The third kappa shape index (κ3) is 1.57. The van der Waals surface area contributed by atoms with Crippen molar-refractivity contribution >= 4 is 11.9 Å². The SMILES string of the molecule is COC(=O)[C@H]1C[C@@H]2[C@H](C1)[C@@H]1C[C@@H]2[C@H](C(=O)OC)C1. The normalized spacial score (nSPS) is 44.8. The molecule has 0 aromatic rings. The van der Waals surface area contributed by atoms with Crippen LogP contribution in [0, 0.1) is 35.5 Å². The number of carbonyl (C=O) groups excluding carboxylic acids is 2. The van der Waals surface area contributed by atoms with E-state index in [1.165, 1.54) is 14.2 Å². The van der Waals surface area contributed by atoms with E-state index in [1.807, 2.05) is 0 Å². The van der Waals surface area contributed by atoms with E-state index in [1.54, 1.807) is 0 Å². The molecule has 0 unspecified atom stereocenters. The van der Waals surface area contributed by atoms with Gasteiger partial charge in [-0.25, -0.2) is 0 Å². The Kier molecular flexibility index (Phi) is 2.83. The van der Waals surface area contributed by atoms with Crippen LogP contribution in [0.3, 0.4) is 0 Å². The zero-order valence-electron chi connectivity index (χ0n) is 10.9. The second-order valence-electron chi connectivity index (χ2n) is 6.04. The smallest absolute Gasteiger partial charge is 0.308 e. The van der Waals surface area contributed by atoms with Crippen molar-refractivity contribution in [3.05, 3.63) is 0 Å². The minimum absolute atomic E-state index is 0.0533. The maximum absolute atomic E-state index is 11.8. The maximum atomic E-state index is 11.8. The van der Waals surface area contributed by atoms with Gasteiger partial charge in [0.15, 0.2) is 0 Å². The van der Waals surface area contributed by atoms with Gasteiger partial charge in [-0.15, -0.1) is 0 Å². The summed E-state index contributed by atoms with van der Waals surface area (Å²) in [6.07, 6.45) is 3.99. The van der Waals surface area contributed by atoms with E-state index in [4.69, 9.17) is 9.47 Å². The predicted molar refractivity (Wildman–Crippen MR) is 63.4 cm³/mol. The first-order chi connectivity index (χ1) is 8.65. The van der Waals surface area contributed by atoms with Crippen molar-refractivity contribution in [1.29, 1.82) is 0 Å². The molecule has 0 aromatic carbocycles. The summed E-state index contributed by atoms with van der Waals surface area (Å²) in [4.78, 5) is 23.4. The topological polar surface area (TPSA) is 52.6 Å². The molecule has 0 heterocycles. The first-order valence-corrected chi connectivity index (χ1v) is 6.81. The van der Waals surface area contributed by atoms with Gasteiger partial charge in [0.1, 0.15) is 0 Å². The standard InChI is InChI=1S/C14H20O4/c1-17-13(15)8-5-9-7-3-11(10(9)6-8)12(4-7)14(16)18-2/h7-12H,3-6H2,1-2H3/t7-,8-,9-,10-,11+,12-/m1/s1.